The van der Waals surface area contributed by atoms with Crippen molar-refractivity contribution in [2.24, 2.45) is 0 Å². The van der Waals surface area contributed by atoms with Crippen LogP contribution < -0.4 is 0 Å². The Balaban J connectivity index is -0.000000213. The molecule has 0 nitrogen and oxygen atoms in total. The number of rotatable bonds is 0. The molecule has 11 heavy (non-hydrogen) atoms. The van der Waals surface area contributed by atoms with Gasteiger partial charge in [-0.3, -0.25) is 12.2 Å². The summed E-state index contributed by atoms with van der Waals surface area (Å²) < 4.78 is 0. The molecule has 0 amide bonds. The summed E-state index contributed by atoms with van der Waals surface area (Å²) in [6.45, 7) is 0. The molecular formula is C10H16Pt. The van der Waals surface area contributed by atoms with Crippen molar-refractivity contribution >= 4 is 0 Å². The molecule has 0 unspecified atom stereocenters. The van der Waals surface area contributed by atoms with Crippen molar-refractivity contribution in [1.82, 2.24) is 0 Å². The molecule has 1 rings (SSSR count). The Morgan fingerprint density at radius 2 is 1.18 bits per heavy atom. The molecule has 0 aliphatic heterocycles. The van der Waals surface area contributed by atoms with Crippen LogP contribution in [-0.2, 0) is 21.1 Å². The van der Waals surface area contributed by atoms with Gasteiger partial charge in [-0.1, -0.05) is 12.8 Å². The topological polar surface area (TPSA) is 0 Å². The summed E-state index contributed by atoms with van der Waals surface area (Å²) in [7, 11) is 0. The summed E-state index contributed by atoms with van der Waals surface area (Å²) in [4.78, 5) is 0. The van der Waals surface area contributed by atoms with Gasteiger partial charge < -0.3 is 27.0 Å². The van der Waals surface area contributed by atoms with E-state index in [4.69, 9.17) is 0 Å². The first-order valence-corrected chi connectivity index (χ1v) is 3.10. The molecule has 1 aliphatic carbocycles. The predicted molar refractivity (Wildman–Crippen MR) is 46.9 cm³/mol. The van der Waals surface area contributed by atoms with Gasteiger partial charge in [0.15, 0.2) is 0 Å². The van der Waals surface area contributed by atoms with Gasteiger partial charge in [0.2, 0.25) is 0 Å². The zero-order valence-electron chi connectivity index (χ0n) is 7.30. The fraction of sp³-hybridized carbons (Fsp3) is 0.400. The van der Waals surface area contributed by atoms with Gasteiger partial charge in [-0.2, -0.15) is 0 Å². The zero-order valence-corrected chi connectivity index (χ0v) is 9.57. The maximum atomic E-state index is 3.18. The Hall–Kier alpha value is 0.168. The summed E-state index contributed by atoms with van der Waals surface area (Å²) in [6, 6.07) is 0. The van der Waals surface area contributed by atoms with Crippen LogP contribution in [0.15, 0.2) is 12.2 Å². The van der Waals surface area contributed by atoms with Gasteiger partial charge in [-0.05, 0) is 0 Å². The van der Waals surface area contributed by atoms with Crippen LogP contribution in [0.5, 0.6) is 0 Å². The van der Waals surface area contributed by atoms with Crippen molar-refractivity contribution < 1.29 is 21.1 Å². The minimum Gasteiger partial charge on any atom is -0.503 e. The van der Waals surface area contributed by atoms with E-state index >= 15 is 0 Å². The van der Waals surface area contributed by atoms with Crippen molar-refractivity contribution in [3.8, 4) is 0 Å². The predicted octanol–water partition coefficient (Wildman–Crippen LogP) is 3.18. The van der Waals surface area contributed by atoms with E-state index in [2.05, 4.69) is 24.3 Å². The summed E-state index contributed by atoms with van der Waals surface area (Å²) >= 11 is 0. The third-order valence-corrected chi connectivity index (χ3v) is 1.16. The van der Waals surface area contributed by atoms with Crippen molar-refractivity contribution in [3.63, 3.8) is 0 Å². The van der Waals surface area contributed by atoms with Crippen molar-refractivity contribution in [2.75, 3.05) is 0 Å². The van der Waals surface area contributed by atoms with E-state index in [1.165, 1.54) is 0 Å². The molecule has 0 fully saturated rings. The molecule has 0 aromatic rings. The van der Waals surface area contributed by atoms with Crippen molar-refractivity contribution in [3.05, 3.63) is 39.2 Å². The Bertz CT molecular complexity index is 77.4. The minimum absolute atomic E-state index is 0. The standard InChI is InChI=1S/C8H10.2CH3.Pt/c1-2-4-6-8-7-5-3-1;;;/h1,6H,2,4-5,7H2;2*1H3;/q-2;2*-1;+4. The Morgan fingerprint density at radius 1 is 0.818 bits per heavy atom. The van der Waals surface area contributed by atoms with Crippen molar-refractivity contribution in [2.45, 2.75) is 25.7 Å². The van der Waals surface area contributed by atoms with Crippen LogP contribution in [0, 0.1) is 27.0 Å². The van der Waals surface area contributed by atoms with Crippen LogP contribution in [0.4, 0.5) is 0 Å². The van der Waals surface area contributed by atoms with Crippen LogP contribution >= 0.6 is 0 Å². The van der Waals surface area contributed by atoms with E-state index in [9.17, 15) is 0 Å². The first-order valence-electron chi connectivity index (χ1n) is 3.10. The number of hydrogen-bond acceptors (Lipinski definition) is 0. The third kappa shape index (κ3) is 10.2. The summed E-state index contributed by atoms with van der Waals surface area (Å²) in [5.74, 6) is 0. The minimum atomic E-state index is 0. The smallest absolute Gasteiger partial charge is 0.503 e. The average Bonchev–Trinajstić information content (AvgIpc) is 1.62. The van der Waals surface area contributed by atoms with E-state index in [1.54, 1.807) is 0 Å². The molecule has 0 atom stereocenters. The van der Waals surface area contributed by atoms with E-state index in [1.807, 2.05) is 0 Å². The van der Waals surface area contributed by atoms with Gasteiger partial charge in [0.25, 0.3) is 0 Å². The molecular weight excluding hydrogens is 315 g/mol. The second-order valence-corrected chi connectivity index (χ2v) is 1.89. The molecule has 0 saturated carbocycles. The molecule has 0 spiro atoms. The van der Waals surface area contributed by atoms with E-state index in [0.717, 1.165) is 25.7 Å². The van der Waals surface area contributed by atoms with Gasteiger partial charge in [0.1, 0.15) is 0 Å². The van der Waals surface area contributed by atoms with Crippen LogP contribution in [-0.4, -0.2) is 0 Å². The van der Waals surface area contributed by atoms with Gasteiger partial charge in [0, 0.05) is 0 Å². The van der Waals surface area contributed by atoms with Crippen molar-refractivity contribution in [1.29, 1.82) is 0 Å². The molecule has 0 saturated heterocycles. The largest absolute Gasteiger partial charge is 4.00 e. The Labute approximate surface area is 86.0 Å². The maximum absolute atomic E-state index is 3.18. The normalized spacial score (nSPS) is 14.5. The van der Waals surface area contributed by atoms with E-state index in [0.29, 0.717) is 0 Å². The molecule has 0 radical (unpaired) electrons. The first kappa shape index (κ1) is 17.3. The van der Waals surface area contributed by atoms with Gasteiger partial charge in [-0.25, -0.2) is 12.8 Å². The van der Waals surface area contributed by atoms with Crippen LogP contribution in [0.25, 0.3) is 0 Å². The SMILES string of the molecule is [C-]1=CCCC=[C-]CC1.[CH3-].[CH3-].[Pt+4]. The van der Waals surface area contributed by atoms with Crippen LogP contribution in [0.3, 0.4) is 0 Å². The molecule has 1 aliphatic rings. The molecule has 0 aromatic carbocycles. The molecule has 0 aromatic heterocycles. The summed E-state index contributed by atoms with van der Waals surface area (Å²) in [6.07, 6.45) is 15.0. The average molecular weight is 331 g/mol. The fourth-order valence-corrected chi connectivity index (χ4v) is 0.719. The Morgan fingerprint density at radius 3 is 1.55 bits per heavy atom. The van der Waals surface area contributed by atoms with Gasteiger partial charge in [-0.15, -0.1) is 0 Å². The fourth-order valence-electron chi connectivity index (χ4n) is 0.719. The van der Waals surface area contributed by atoms with Gasteiger partial charge >= 0.3 is 21.1 Å². The molecule has 1 heteroatoms. The molecule has 0 heterocycles. The number of allylic oxidation sites excluding steroid dienone is 4. The summed E-state index contributed by atoms with van der Waals surface area (Å²) in [5.41, 5.74) is 0. The second-order valence-electron chi connectivity index (χ2n) is 1.89. The van der Waals surface area contributed by atoms with E-state index in [-0.39, 0.29) is 35.9 Å². The summed E-state index contributed by atoms with van der Waals surface area (Å²) in [5, 5.41) is 0. The Kier molecular flexibility index (Phi) is 20.2. The number of hydrogen-bond donors (Lipinski definition) is 0. The first-order chi connectivity index (χ1) is 4.00. The quantitative estimate of drug-likeness (QED) is 0.598. The zero-order chi connectivity index (χ0) is 5.66. The molecule has 66 valence electrons. The van der Waals surface area contributed by atoms with Crippen LogP contribution in [0.2, 0.25) is 0 Å². The maximum Gasteiger partial charge on any atom is 4.00 e. The molecule has 0 bridgehead atoms. The van der Waals surface area contributed by atoms with E-state index < -0.39 is 0 Å². The monoisotopic (exact) mass is 331 g/mol. The second kappa shape index (κ2) is 12.8. The van der Waals surface area contributed by atoms with Gasteiger partial charge in [0.05, 0.1) is 0 Å². The van der Waals surface area contributed by atoms with Crippen LogP contribution in [0.1, 0.15) is 25.7 Å². The third-order valence-electron chi connectivity index (χ3n) is 1.16. The molecule has 0 N–H and O–H groups in total.